The van der Waals surface area contributed by atoms with Crippen molar-refractivity contribution < 1.29 is 4.79 Å². The van der Waals surface area contributed by atoms with Crippen LogP contribution in [0.4, 0.5) is 5.69 Å². The zero-order valence-corrected chi connectivity index (χ0v) is 14.0. The molecule has 0 aliphatic carbocycles. The Bertz CT molecular complexity index is 1030. The van der Waals surface area contributed by atoms with Gasteiger partial charge in [-0.15, -0.1) is 0 Å². The van der Waals surface area contributed by atoms with Gasteiger partial charge >= 0.3 is 0 Å². The molecule has 0 saturated heterocycles. The van der Waals surface area contributed by atoms with Crippen molar-refractivity contribution in [1.29, 1.82) is 0 Å². The molecule has 0 radical (unpaired) electrons. The molecular weight excluding hydrogens is 314 g/mol. The van der Waals surface area contributed by atoms with Crippen molar-refractivity contribution >= 4 is 33.4 Å². The van der Waals surface area contributed by atoms with Gasteiger partial charge in [0.25, 0.3) is 0 Å². The lowest BCUT2D eigenvalue weighted by Gasteiger charge is -2.07. The molecule has 4 aromatic rings. The van der Waals surface area contributed by atoms with E-state index >= 15 is 0 Å². The molecule has 6 heteroatoms. The number of amides is 1. The number of nitrogens with zero attached hydrogens (tertiary/aromatic N) is 4. The summed E-state index contributed by atoms with van der Waals surface area (Å²) in [4.78, 5) is 16.1. The van der Waals surface area contributed by atoms with E-state index in [0.29, 0.717) is 13.0 Å². The van der Waals surface area contributed by atoms with Gasteiger partial charge in [0.2, 0.25) is 5.91 Å². The Morgan fingerprint density at radius 1 is 1.12 bits per heavy atom. The van der Waals surface area contributed by atoms with Gasteiger partial charge in [0.1, 0.15) is 12.7 Å². The van der Waals surface area contributed by atoms with Crippen LogP contribution in [0.2, 0.25) is 0 Å². The average molecular weight is 333 g/mol. The predicted molar refractivity (Wildman–Crippen MR) is 98.4 cm³/mol. The zero-order chi connectivity index (χ0) is 17.2. The van der Waals surface area contributed by atoms with Crippen LogP contribution in [-0.2, 0) is 17.9 Å². The van der Waals surface area contributed by atoms with E-state index in [4.69, 9.17) is 0 Å². The first-order valence-corrected chi connectivity index (χ1v) is 8.39. The lowest BCUT2D eigenvalue weighted by molar-refractivity contribution is -0.116. The molecular formula is C19H19N5O. The van der Waals surface area contributed by atoms with Crippen molar-refractivity contribution in [3.63, 3.8) is 0 Å². The number of hydrogen-bond donors (Lipinski definition) is 1. The monoisotopic (exact) mass is 333 g/mol. The van der Waals surface area contributed by atoms with E-state index in [9.17, 15) is 4.79 Å². The molecule has 4 rings (SSSR count). The summed E-state index contributed by atoms with van der Waals surface area (Å²) in [6, 6.07) is 14.4. The largest absolute Gasteiger partial charge is 0.341 e. The third-order valence-corrected chi connectivity index (χ3v) is 4.41. The lowest BCUT2D eigenvalue weighted by atomic mass is 10.1. The molecule has 0 aliphatic rings. The van der Waals surface area contributed by atoms with Crippen molar-refractivity contribution in [2.45, 2.75) is 26.4 Å². The first-order valence-electron chi connectivity index (χ1n) is 8.39. The molecule has 0 spiro atoms. The normalized spacial score (nSPS) is 11.2. The van der Waals surface area contributed by atoms with Crippen LogP contribution in [0.3, 0.4) is 0 Å². The summed E-state index contributed by atoms with van der Waals surface area (Å²) in [6.45, 7) is 3.57. The Morgan fingerprint density at radius 2 is 1.96 bits per heavy atom. The van der Waals surface area contributed by atoms with Gasteiger partial charge in [-0.05, 0) is 31.2 Å². The minimum Gasteiger partial charge on any atom is -0.341 e. The minimum absolute atomic E-state index is 0.0333. The van der Waals surface area contributed by atoms with E-state index in [1.807, 2.05) is 12.1 Å². The van der Waals surface area contributed by atoms with E-state index in [1.54, 1.807) is 11.0 Å². The summed E-state index contributed by atoms with van der Waals surface area (Å²) < 4.78 is 3.94. The highest BCUT2D eigenvalue weighted by Gasteiger charge is 2.10. The first-order chi connectivity index (χ1) is 12.3. The summed E-state index contributed by atoms with van der Waals surface area (Å²) in [7, 11) is 0. The molecule has 0 fully saturated rings. The number of para-hydroxylation sites is 1. The molecule has 1 N–H and O–H groups in total. The highest BCUT2D eigenvalue weighted by Crippen LogP contribution is 2.30. The molecule has 25 heavy (non-hydrogen) atoms. The van der Waals surface area contributed by atoms with Crippen LogP contribution in [0.5, 0.6) is 0 Å². The number of carbonyl (C=O) groups excluding carboxylic acids is 1. The second-order valence-corrected chi connectivity index (χ2v) is 5.95. The summed E-state index contributed by atoms with van der Waals surface area (Å²) >= 11 is 0. The quantitative estimate of drug-likeness (QED) is 0.608. The number of aryl methyl sites for hydroxylation is 2. The van der Waals surface area contributed by atoms with Gasteiger partial charge in [-0.25, -0.2) is 4.98 Å². The van der Waals surface area contributed by atoms with Crippen molar-refractivity contribution in [1.82, 2.24) is 19.3 Å². The van der Waals surface area contributed by atoms with Crippen LogP contribution in [-0.4, -0.2) is 25.2 Å². The number of fused-ring (bicyclic) bond motifs is 3. The second kappa shape index (κ2) is 6.39. The van der Waals surface area contributed by atoms with Gasteiger partial charge in [0.15, 0.2) is 0 Å². The van der Waals surface area contributed by atoms with Crippen molar-refractivity contribution in [2.24, 2.45) is 0 Å². The van der Waals surface area contributed by atoms with Crippen molar-refractivity contribution in [3.8, 4) is 0 Å². The van der Waals surface area contributed by atoms with Crippen LogP contribution < -0.4 is 5.32 Å². The maximum Gasteiger partial charge on any atom is 0.226 e. The number of anilines is 1. The average Bonchev–Trinajstić information content (AvgIpc) is 3.25. The number of aromatic nitrogens is 4. The minimum atomic E-state index is -0.0333. The number of carbonyl (C=O) groups is 1. The SMILES string of the molecule is CCn1c2ccccc2c2cc(NC(=O)CCn3cncn3)ccc21. The number of benzene rings is 2. The van der Waals surface area contributed by atoms with Crippen molar-refractivity contribution in [3.05, 3.63) is 55.1 Å². The topological polar surface area (TPSA) is 64.7 Å². The van der Waals surface area contributed by atoms with Crippen LogP contribution in [0, 0.1) is 0 Å². The summed E-state index contributed by atoms with van der Waals surface area (Å²) in [6.07, 6.45) is 3.44. The third kappa shape index (κ3) is 2.87. The van der Waals surface area contributed by atoms with Crippen molar-refractivity contribution in [2.75, 3.05) is 5.32 Å². The van der Waals surface area contributed by atoms with Gasteiger partial charge < -0.3 is 9.88 Å². The summed E-state index contributed by atoms with van der Waals surface area (Å²) in [5.74, 6) is -0.0333. The standard InChI is InChI=1S/C19H19N5O/c1-2-24-17-6-4-3-5-15(17)16-11-14(7-8-18(16)24)22-19(25)9-10-23-13-20-12-21-23/h3-8,11-13H,2,9-10H2,1H3,(H,22,25). The van der Waals surface area contributed by atoms with Gasteiger partial charge in [-0.3, -0.25) is 9.48 Å². The van der Waals surface area contributed by atoms with Gasteiger partial charge in [-0.2, -0.15) is 5.10 Å². The van der Waals surface area contributed by atoms with E-state index < -0.39 is 0 Å². The van der Waals surface area contributed by atoms with E-state index in [2.05, 4.69) is 57.2 Å². The highest BCUT2D eigenvalue weighted by molar-refractivity contribution is 6.09. The Kier molecular flexibility index (Phi) is 3.93. The van der Waals surface area contributed by atoms with Crippen LogP contribution >= 0.6 is 0 Å². The molecule has 1 amide bonds. The fourth-order valence-corrected chi connectivity index (χ4v) is 3.26. The molecule has 0 saturated carbocycles. The molecule has 0 bridgehead atoms. The Balaban J connectivity index is 1.60. The van der Waals surface area contributed by atoms with Gasteiger partial charge in [0, 0.05) is 40.5 Å². The number of nitrogens with one attached hydrogen (secondary N) is 1. The second-order valence-electron chi connectivity index (χ2n) is 5.95. The Labute approximate surface area is 145 Å². The fourth-order valence-electron chi connectivity index (χ4n) is 3.26. The molecule has 6 nitrogen and oxygen atoms in total. The van der Waals surface area contributed by atoms with Crippen LogP contribution in [0.1, 0.15) is 13.3 Å². The van der Waals surface area contributed by atoms with E-state index in [-0.39, 0.29) is 5.91 Å². The molecule has 126 valence electrons. The molecule has 2 aromatic carbocycles. The number of rotatable bonds is 5. The van der Waals surface area contributed by atoms with Crippen LogP contribution in [0.25, 0.3) is 21.8 Å². The third-order valence-electron chi connectivity index (χ3n) is 4.41. The first kappa shape index (κ1) is 15.4. The van der Waals surface area contributed by atoms with E-state index in [1.165, 1.54) is 22.7 Å². The maximum absolute atomic E-state index is 12.2. The van der Waals surface area contributed by atoms with E-state index in [0.717, 1.165) is 17.6 Å². The lowest BCUT2D eigenvalue weighted by Crippen LogP contribution is -2.14. The summed E-state index contributed by atoms with van der Waals surface area (Å²) in [5.41, 5.74) is 3.22. The molecule has 2 heterocycles. The van der Waals surface area contributed by atoms with Gasteiger partial charge in [0.05, 0.1) is 6.54 Å². The molecule has 0 aliphatic heterocycles. The fraction of sp³-hybridized carbons (Fsp3) is 0.211. The Morgan fingerprint density at radius 3 is 2.76 bits per heavy atom. The zero-order valence-electron chi connectivity index (χ0n) is 14.0. The highest BCUT2D eigenvalue weighted by atomic mass is 16.1. The molecule has 2 aromatic heterocycles. The van der Waals surface area contributed by atoms with Gasteiger partial charge in [-0.1, -0.05) is 18.2 Å². The molecule has 0 unspecified atom stereocenters. The molecule has 0 atom stereocenters. The van der Waals surface area contributed by atoms with Crippen LogP contribution in [0.15, 0.2) is 55.1 Å². The predicted octanol–water partition coefficient (Wildman–Crippen LogP) is 3.43. The smallest absolute Gasteiger partial charge is 0.226 e. The maximum atomic E-state index is 12.2. The Hall–Kier alpha value is -3.15. The summed E-state index contributed by atoms with van der Waals surface area (Å²) in [5, 5.41) is 9.35. The number of hydrogen-bond acceptors (Lipinski definition) is 3.